The van der Waals surface area contributed by atoms with Crippen LogP contribution < -0.4 is 11.1 Å². The fourth-order valence-corrected chi connectivity index (χ4v) is 2.86. The number of hydrogen-bond donors (Lipinski definition) is 2. The van der Waals surface area contributed by atoms with Gasteiger partial charge in [-0.25, -0.2) is 4.79 Å². The number of piperidine rings is 1. The van der Waals surface area contributed by atoms with Crippen molar-refractivity contribution in [2.24, 2.45) is 17.6 Å². The Bertz CT molecular complexity index is 352. The molecule has 3 atom stereocenters. The molecule has 3 unspecified atom stereocenters. The van der Waals surface area contributed by atoms with E-state index in [2.05, 4.69) is 26.1 Å². The molecule has 0 bridgehead atoms. The van der Waals surface area contributed by atoms with E-state index in [0.717, 1.165) is 32.5 Å². The largest absolute Gasteiger partial charge is 0.444 e. The minimum absolute atomic E-state index is 0.194. The maximum absolute atomic E-state index is 12.2. The fourth-order valence-electron chi connectivity index (χ4n) is 2.86. The molecule has 1 aliphatic heterocycles. The van der Waals surface area contributed by atoms with Crippen LogP contribution >= 0.6 is 0 Å². The first-order chi connectivity index (χ1) is 10.1. The van der Waals surface area contributed by atoms with Gasteiger partial charge in [-0.3, -0.25) is 0 Å². The normalized spacial score (nSPS) is 24.5. The Kier molecular flexibility index (Phi) is 7.13. The van der Waals surface area contributed by atoms with Gasteiger partial charge in [-0.15, -0.1) is 0 Å². The standard InChI is InChI=1S/C17H35N3O2/c1-12(2)14(10-18)11-19-15-7-8-20(13(3)9-15)16(21)22-17(4,5)6/h12-15,19H,7-11,18H2,1-6H3. The van der Waals surface area contributed by atoms with Crippen molar-refractivity contribution in [2.45, 2.75) is 72.1 Å². The molecule has 0 aliphatic carbocycles. The monoisotopic (exact) mass is 313 g/mol. The lowest BCUT2D eigenvalue weighted by Gasteiger charge is -2.39. The predicted molar refractivity (Wildman–Crippen MR) is 90.8 cm³/mol. The van der Waals surface area contributed by atoms with Crippen LogP contribution in [0.3, 0.4) is 0 Å². The summed E-state index contributed by atoms with van der Waals surface area (Å²) in [4.78, 5) is 14.1. The Morgan fingerprint density at radius 3 is 2.50 bits per heavy atom. The molecular formula is C17H35N3O2. The molecule has 3 N–H and O–H groups in total. The van der Waals surface area contributed by atoms with Gasteiger partial charge in [-0.2, -0.15) is 0 Å². The van der Waals surface area contributed by atoms with Crippen molar-refractivity contribution in [1.29, 1.82) is 0 Å². The van der Waals surface area contributed by atoms with Crippen molar-refractivity contribution in [3.63, 3.8) is 0 Å². The second-order valence-corrected chi connectivity index (χ2v) is 7.89. The summed E-state index contributed by atoms with van der Waals surface area (Å²) < 4.78 is 5.48. The zero-order valence-corrected chi connectivity index (χ0v) is 15.2. The summed E-state index contributed by atoms with van der Waals surface area (Å²) in [7, 11) is 0. The van der Waals surface area contributed by atoms with Crippen LogP contribution in [0.25, 0.3) is 0 Å². The fraction of sp³-hybridized carbons (Fsp3) is 0.941. The molecule has 1 fully saturated rings. The summed E-state index contributed by atoms with van der Waals surface area (Å²) in [6.07, 6.45) is 1.74. The lowest BCUT2D eigenvalue weighted by atomic mass is 9.94. The average molecular weight is 313 g/mol. The highest BCUT2D eigenvalue weighted by Gasteiger charge is 2.31. The van der Waals surface area contributed by atoms with E-state index in [9.17, 15) is 4.79 Å². The third-order valence-electron chi connectivity index (χ3n) is 4.42. The lowest BCUT2D eigenvalue weighted by molar-refractivity contribution is 0.00922. The first kappa shape index (κ1) is 19.2. The van der Waals surface area contributed by atoms with Gasteiger partial charge in [0.2, 0.25) is 0 Å². The predicted octanol–water partition coefficient (Wildman–Crippen LogP) is 2.59. The minimum Gasteiger partial charge on any atom is -0.444 e. The molecule has 5 nitrogen and oxygen atoms in total. The molecular weight excluding hydrogens is 278 g/mol. The smallest absolute Gasteiger partial charge is 0.410 e. The topological polar surface area (TPSA) is 67.6 Å². The third kappa shape index (κ3) is 6.13. The van der Waals surface area contributed by atoms with Gasteiger partial charge in [0.25, 0.3) is 0 Å². The summed E-state index contributed by atoms with van der Waals surface area (Å²) in [6, 6.07) is 0.665. The Balaban J connectivity index is 2.44. The molecule has 0 aromatic rings. The van der Waals surface area contributed by atoms with Crippen molar-refractivity contribution in [2.75, 3.05) is 19.6 Å². The van der Waals surface area contributed by atoms with Crippen molar-refractivity contribution >= 4 is 6.09 Å². The average Bonchev–Trinajstić information content (AvgIpc) is 2.36. The molecule has 22 heavy (non-hydrogen) atoms. The molecule has 0 radical (unpaired) electrons. The number of likely N-dealkylation sites (tertiary alicyclic amines) is 1. The van der Waals surface area contributed by atoms with E-state index in [1.807, 2.05) is 25.7 Å². The summed E-state index contributed by atoms with van der Waals surface area (Å²) in [5, 5.41) is 3.63. The van der Waals surface area contributed by atoms with Gasteiger partial charge in [0.05, 0.1) is 0 Å². The van der Waals surface area contributed by atoms with Crippen molar-refractivity contribution in [1.82, 2.24) is 10.2 Å². The van der Waals surface area contributed by atoms with Crippen LogP contribution in [0.2, 0.25) is 0 Å². The quantitative estimate of drug-likeness (QED) is 0.818. The molecule has 0 aromatic heterocycles. The van der Waals surface area contributed by atoms with Crippen LogP contribution in [0.15, 0.2) is 0 Å². The second-order valence-electron chi connectivity index (χ2n) is 7.89. The summed E-state index contributed by atoms with van der Waals surface area (Å²) in [5.74, 6) is 1.11. The molecule has 0 spiro atoms. The molecule has 1 aliphatic rings. The summed E-state index contributed by atoms with van der Waals surface area (Å²) in [5.41, 5.74) is 5.39. The third-order valence-corrected chi connectivity index (χ3v) is 4.42. The van der Waals surface area contributed by atoms with Crippen molar-refractivity contribution in [3.8, 4) is 0 Å². The summed E-state index contributed by atoms with van der Waals surface area (Å²) in [6.45, 7) is 14.7. The van der Waals surface area contributed by atoms with Crippen molar-refractivity contribution < 1.29 is 9.53 Å². The lowest BCUT2D eigenvalue weighted by Crippen LogP contribution is -2.52. The molecule has 130 valence electrons. The molecule has 5 heteroatoms. The van der Waals surface area contributed by atoms with Gasteiger partial charge in [-0.05, 0) is 65.5 Å². The van der Waals surface area contributed by atoms with Crippen LogP contribution in [0.4, 0.5) is 4.79 Å². The van der Waals surface area contributed by atoms with Crippen LogP contribution in [0.1, 0.15) is 54.4 Å². The number of nitrogens with zero attached hydrogens (tertiary/aromatic N) is 1. The van der Waals surface area contributed by atoms with Gasteiger partial charge in [0, 0.05) is 18.6 Å². The van der Waals surface area contributed by atoms with Gasteiger partial charge >= 0.3 is 6.09 Å². The van der Waals surface area contributed by atoms with E-state index in [1.165, 1.54) is 0 Å². The SMILES string of the molecule is CC(C)C(CN)CNC1CCN(C(=O)OC(C)(C)C)C(C)C1. The van der Waals surface area contributed by atoms with Gasteiger partial charge in [-0.1, -0.05) is 13.8 Å². The number of carbonyl (C=O) groups is 1. The Hall–Kier alpha value is -0.810. The highest BCUT2D eigenvalue weighted by Crippen LogP contribution is 2.21. The number of hydrogen-bond acceptors (Lipinski definition) is 4. The maximum atomic E-state index is 12.2. The Labute approximate surface area is 135 Å². The van der Waals surface area contributed by atoms with E-state index in [1.54, 1.807) is 0 Å². The molecule has 1 heterocycles. The highest BCUT2D eigenvalue weighted by molar-refractivity contribution is 5.68. The number of nitrogens with one attached hydrogen (secondary N) is 1. The first-order valence-electron chi connectivity index (χ1n) is 8.57. The van der Waals surface area contributed by atoms with E-state index in [-0.39, 0.29) is 12.1 Å². The molecule has 0 aromatic carbocycles. The van der Waals surface area contributed by atoms with Crippen molar-refractivity contribution in [3.05, 3.63) is 0 Å². The minimum atomic E-state index is -0.433. The number of nitrogens with two attached hydrogens (primary N) is 1. The van der Waals surface area contributed by atoms with Crippen LogP contribution in [-0.4, -0.2) is 48.3 Å². The van der Waals surface area contributed by atoms with Gasteiger partial charge in [0.1, 0.15) is 5.60 Å². The Morgan fingerprint density at radius 1 is 1.41 bits per heavy atom. The zero-order valence-electron chi connectivity index (χ0n) is 15.2. The van der Waals surface area contributed by atoms with Crippen LogP contribution in [-0.2, 0) is 4.74 Å². The number of amides is 1. The Morgan fingerprint density at radius 2 is 2.05 bits per heavy atom. The molecule has 0 saturated carbocycles. The van der Waals surface area contributed by atoms with E-state index in [4.69, 9.17) is 10.5 Å². The number of ether oxygens (including phenoxy) is 1. The maximum Gasteiger partial charge on any atom is 0.410 e. The first-order valence-corrected chi connectivity index (χ1v) is 8.57. The van der Waals surface area contributed by atoms with Gasteiger partial charge in [0.15, 0.2) is 0 Å². The van der Waals surface area contributed by atoms with E-state index < -0.39 is 5.60 Å². The van der Waals surface area contributed by atoms with Gasteiger partial charge < -0.3 is 20.7 Å². The van der Waals surface area contributed by atoms with E-state index >= 15 is 0 Å². The highest BCUT2D eigenvalue weighted by atomic mass is 16.6. The summed E-state index contributed by atoms with van der Waals surface area (Å²) >= 11 is 0. The zero-order chi connectivity index (χ0) is 16.9. The van der Waals surface area contributed by atoms with Crippen LogP contribution in [0, 0.1) is 11.8 Å². The second kappa shape index (κ2) is 8.16. The molecule has 1 saturated heterocycles. The van der Waals surface area contributed by atoms with Crippen LogP contribution in [0.5, 0.6) is 0 Å². The molecule has 1 amide bonds. The number of rotatable bonds is 5. The van der Waals surface area contributed by atoms with E-state index in [0.29, 0.717) is 17.9 Å². The number of carbonyl (C=O) groups excluding carboxylic acids is 1. The molecule has 1 rings (SSSR count).